The molecule has 1 atom stereocenters. The third-order valence-electron chi connectivity index (χ3n) is 5.39. The maximum absolute atomic E-state index is 12.9. The molecule has 0 bridgehead atoms. The first-order valence-corrected chi connectivity index (χ1v) is 8.52. The van der Waals surface area contributed by atoms with Crippen LogP contribution in [0, 0.1) is 12.3 Å². The summed E-state index contributed by atoms with van der Waals surface area (Å²) in [5.41, 5.74) is 3.63. The predicted octanol–water partition coefficient (Wildman–Crippen LogP) is 4.16. The SMILES string of the molecule is CCOC(=O)c1c(C)nc2c(c1C1CC1)C(=O)CC(C)(C)[C@@H]2C. The normalized spacial score (nSPS) is 22.7. The van der Waals surface area contributed by atoms with Gasteiger partial charge in [0.15, 0.2) is 5.78 Å². The maximum Gasteiger partial charge on any atom is 0.340 e. The quantitative estimate of drug-likeness (QED) is 0.786. The minimum absolute atomic E-state index is 0.101. The van der Waals surface area contributed by atoms with Crippen molar-refractivity contribution in [2.24, 2.45) is 5.41 Å². The van der Waals surface area contributed by atoms with Gasteiger partial charge in [-0.1, -0.05) is 20.8 Å². The molecule has 1 saturated carbocycles. The Morgan fingerprint density at radius 2 is 2.00 bits per heavy atom. The molecule has 0 radical (unpaired) electrons. The number of esters is 1. The molecule has 23 heavy (non-hydrogen) atoms. The van der Waals surface area contributed by atoms with E-state index in [2.05, 4.69) is 20.8 Å². The van der Waals surface area contributed by atoms with Crippen LogP contribution in [0.25, 0.3) is 0 Å². The molecule has 4 nitrogen and oxygen atoms in total. The van der Waals surface area contributed by atoms with Crippen LogP contribution in [0.4, 0.5) is 0 Å². The van der Waals surface area contributed by atoms with Crippen LogP contribution in [-0.2, 0) is 4.74 Å². The maximum atomic E-state index is 12.9. The van der Waals surface area contributed by atoms with Gasteiger partial charge in [-0.3, -0.25) is 9.78 Å². The second-order valence-electron chi connectivity index (χ2n) is 7.55. The van der Waals surface area contributed by atoms with E-state index < -0.39 is 0 Å². The fourth-order valence-corrected chi connectivity index (χ4v) is 3.62. The minimum Gasteiger partial charge on any atom is -0.462 e. The molecule has 124 valence electrons. The highest BCUT2D eigenvalue weighted by Gasteiger charge is 2.44. The van der Waals surface area contributed by atoms with Crippen LogP contribution in [0.15, 0.2) is 0 Å². The van der Waals surface area contributed by atoms with Gasteiger partial charge in [-0.2, -0.15) is 0 Å². The molecule has 1 heterocycles. The zero-order valence-corrected chi connectivity index (χ0v) is 14.7. The number of pyridine rings is 1. The van der Waals surface area contributed by atoms with Crippen LogP contribution >= 0.6 is 0 Å². The van der Waals surface area contributed by atoms with Gasteiger partial charge in [-0.25, -0.2) is 4.79 Å². The molecule has 2 aliphatic carbocycles. The Balaban J connectivity index is 2.25. The molecule has 3 rings (SSSR count). The lowest BCUT2D eigenvalue weighted by Crippen LogP contribution is -2.33. The van der Waals surface area contributed by atoms with Gasteiger partial charge in [0.05, 0.1) is 23.6 Å². The van der Waals surface area contributed by atoms with Crippen molar-refractivity contribution in [2.75, 3.05) is 6.61 Å². The van der Waals surface area contributed by atoms with Crippen molar-refractivity contribution in [3.8, 4) is 0 Å². The van der Waals surface area contributed by atoms with Crippen molar-refractivity contribution in [2.45, 2.75) is 65.7 Å². The number of ketones is 1. The Kier molecular flexibility index (Phi) is 3.81. The number of rotatable bonds is 3. The van der Waals surface area contributed by atoms with E-state index in [-0.39, 0.29) is 23.1 Å². The van der Waals surface area contributed by atoms with Gasteiger partial charge in [0.25, 0.3) is 0 Å². The van der Waals surface area contributed by atoms with E-state index in [0.29, 0.717) is 35.8 Å². The number of nitrogens with zero attached hydrogens (tertiary/aromatic N) is 1. The van der Waals surface area contributed by atoms with E-state index >= 15 is 0 Å². The van der Waals surface area contributed by atoms with Gasteiger partial charge in [0.2, 0.25) is 0 Å². The number of aromatic nitrogens is 1. The second kappa shape index (κ2) is 5.43. The lowest BCUT2D eigenvalue weighted by atomic mass is 9.67. The van der Waals surface area contributed by atoms with Gasteiger partial charge in [0, 0.05) is 17.9 Å². The summed E-state index contributed by atoms with van der Waals surface area (Å²) in [6.45, 7) is 10.4. The number of fused-ring (bicyclic) bond motifs is 1. The number of carbonyl (C=O) groups excluding carboxylic acids is 2. The Labute approximate surface area is 137 Å². The van der Waals surface area contributed by atoms with Crippen LogP contribution in [0.1, 0.15) is 96.5 Å². The van der Waals surface area contributed by atoms with Gasteiger partial charge < -0.3 is 4.74 Å². The van der Waals surface area contributed by atoms with Crippen molar-refractivity contribution in [1.82, 2.24) is 4.98 Å². The van der Waals surface area contributed by atoms with Crippen molar-refractivity contribution >= 4 is 11.8 Å². The van der Waals surface area contributed by atoms with E-state index in [0.717, 1.165) is 24.1 Å². The molecular weight excluding hydrogens is 290 g/mol. The fourth-order valence-electron chi connectivity index (χ4n) is 3.62. The largest absolute Gasteiger partial charge is 0.462 e. The van der Waals surface area contributed by atoms with Gasteiger partial charge in [0.1, 0.15) is 0 Å². The van der Waals surface area contributed by atoms with Crippen LogP contribution in [-0.4, -0.2) is 23.3 Å². The first-order chi connectivity index (χ1) is 10.8. The highest BCUT2D eigenvalue weighted by molar-refractivity contribution is 6.04. The standard InChI is InChI=1S/C19H25NO3/c1-6-23-18(22)14-11(3)20-17-10(2)19(4,5)9-13(21)16(17)15(14)12-7-8-12/h10,12H,6-9H2,1-5H3/t10-/m1/s1. The van der Waals surface area contributed by atoms with Gasteiger partial charge in [-0.15, -0.1) is 0 Å². The van der Waals surface area contributed by atoms with Crippen molar-refractivity contribution in [1.29, 1.82) is 0 Å². The second-order valence-corrected chi connectivity index (χ2v) is 7.55. The van der Waals surface area contributed by atoms with Crippen LogP contribution in [0.3, 0.4) is 0 Å². The van der Waals surface area contributed by atoms with E-state index in [1.165, 1.54) is 0 Å². The zero-order valence-electron chi connectivity index (χ0n) is 14.7. The molecule has 0 unspecified atom stereocenters. The molecule has 1 fully saturated rings. The molecule has 0 spiro atoms. The number of Topliss-reactive ketones (excluding diaryl/α,β-unsaturated/α-hetero) is 1. The fraction of sp³-hybridized carbons (Fsp3) is 0.632. The highest BCUT2D eigenvalue weighted by atomic mass is 16.5. The summed E-state index contributed by atoms with van der Waals surface area (Å²) >= 11 is 0. The monoisotopic (exact) mass is 315 g/mol. The molecule has 1 aromatic heterocycles. The highest BCUT2D eigenvalue weighted by Crippen LogP contribution is 2.51. The molecule has 0 N–H and O–H groups in total. The summed E-state index contributed by atoms with van der Waals surface area (Å²) in [5.74, 6) is 0.292. The Bertz CT molecular complexity index is 686. The molecule has 0 saturated heterocycles. The molecule has 4 heteroatoms. The summed E-state index contributed by atoms with van der Waals surface area (Å²) in [6, 6.07) is 0. The summed E-state index contributed by atoms with van der Waals surface area (Å²) in [5, 5.41) is 0. The summed E-state index contributed by atoms with van der Waals surface area (Å²) in [4.78, 5) is 30.0. The van der Waals surface area contributed by atoms with Crippen molar-refractivity contribution in [3.63, 3.8) is 0 Å². The first kappa shape index (κ1) is 16.2. The molecule has 1 aromatic rings. The number of ether oxygens (including phenoxy) is 1. The minimum atomic E-state index is -0.340. The number of hydrogen-bond acceptors (Lipinski definition) is 4. The molecule has 0 aromatic carbocycles. The Morgan fingerprint density at radius 3 is 2.57 bits per heavy atom. The van der Waals surface area contributed by atoms with Crippen LogP contribution in [0.2, 0.25) is 0 Å². The molecule has 2 aliphatic rings. The van der Waals surface area contributed by atoms with Crippen LogP contribution in [0.5, 0.6) is 0 Å². The zero-order chi connectivity index (χ0) is 16.9. The average molecular weight is 315 g/mol. The molecule has 0 amide bonds. The number of aryl methyl sites for hydroxylation is 1. The van der Waals surface area contributed by atoms with Gasteiger partial charge in [-0.05, 0) is 43.6 Å². The topological polar surface area (TPSA) is 56.3 Å². The van der Waals surface area contributed by atoms with E-state index in [1.807, 2.05) is 6.92 Å². The number of carbonyl (C=O) groups is 2. The third-order valence-corrected chi connectivity index (χ3v) is 5.39. The Hall–Kier alpha value is -1.71. The van der Waals surface area contributed by atoms with E-state index in [4.69, 9.17) is 9.72 Å². The third kappa shape index (κ3) is 2.58. The first-order valence-electron chi connectivity index (χ1n) is 8.52. The van der Waals surface area contributed by atoms with Crippen LogP contribution < -0.4 is 0 Å². The average Bonchev–Trinajstić information content (AvgIpc) is 3.27. The lowest BCUT2D eigenvalue weighted by molar-refractivity contribution is 0.0523. The van der Waals surface area contributed by atoms with Gasteiger partial charge >= 0.3 is 5.97 Å². The van der Waals surface area contributed by atoms with Crippen molar-refractivity contribution in [3.05, 3.63) is 28.1 Å². The number of hydrogen-bond donors (Lipinski definition) is 0. The smallest absolute Gasteiger partial charge is 0.340 e. The molecular formula is C19H25NO3. The van der Waals surface area contributed by atoms with Crippen molar-refractivity contribution < 1.29 is 14.3 Å². The van der Waals surface area contributed by atoms with E-state index in [1.54, 1.807) is 6.92 Å². The summed E-state index contributed by atoms with van der Waals surface area (Å²) in [6.07, 6.45) is 2.58. The summed E-state index contributed by atoms with van der Waals surface area (Å²) < 4.78 is 5.23. The molecule has 0 aliphatic heterocycles. The Morgan fingerprint density at radius 1 is 1.35 bits per heavy atom. The summed E-state index contributed by atoms with van der Waals surface area (Å²) in [7, 11) is 0. The van der Waals surface area contributed by atoms with E-state index in [9.17, 15) is 9.59 Å². The predicted molar refractivity (Wildman–Crippen MR) is 88.0 cm³/mol. The lowest BCUT2D eigenvalue weighted by Gasteiger charge is -2.37.